The Hall–Kier alpha value is -4.40. The molecule has 0 saturated carbocycles. The first kappa shape index (κ1) is 24.3. The van der Waals surface area contributed by atoms with Gasteiger partial charge in [0, 0.05) is 6.54 Å². The molecule has 0 radical (unpaired) electrons. The lowest BCUT2D eigenvalue weighted by molar-refractivity contribution is 0.0956. The molecule has 0 spiro atoms. The fourth-order valence-electron chi connectivity index (χ4n) is 4.60. The zero-order valence-corrected chi connectivity index (χ0v) is 21.0. The van der Waals surface area contributed by atoms with Crippen molar-refractivity contribution in [3.8, 4) is 11.5 Å². The Morgan fingerprint density at radius 2 is 1.89 bits per heavy atom. The zero-order chi connectivity index (χ0) is 25.8. The van der Waals surface area contributed by atoms with E-state index in [9.17, 15) is 4.79 Å². The smallest absolute Gasteiger partial charge is 0.257 e. The molecule has 0 unspecified atom stereocenters. The summed E-state index contributed by atoms with van der Waals surface area (Å²) in [5, 5.41) is 7.60. The van der Waals surface area contributed by atoms with Crippen molar-refractivity contribution >= 4 is 40.1 Å². The van der Waals surface area contributed by atoms with E-state index in [0.717, 1.165) is 24.8 Å². The Balaban J connectivity index is 1.51. The quantitative estimate of drug-likeness (QED) is 0.269. The molecule has 190 valence electrons. The summed E-state index contributed by atoms with van der Waals surface area (Å²) in [6.07, 6.45) is 9.41. The molecule has 1 aliphatic rings. The average molecular weight is 499 g/mol. The average Bonchev–Trinajstić information content (AvgIpc) is 3.20. The van der Waals surface area contributed by atoms with Crippen LogP contribution < -0.4 is 20.5 Å². The number of carbonyl (C=O) groups excluding carboxylic acids is 1. The molecule has 0 aliphatic heterocycles. The third kappa shape index (κ3) is 4.97. The normalized spacial score (nSPS) is 13.7. The molecule has 9 nitrogen and oxygen atoms in total. The molecular formula is C28H30N6O3. The van der Waals surface area contributed by atoms with E-state index in [4.69, 9.17) is 25.2 Å². The van der Waals surface area contributed by atoms with Gasteiger partial charge in [-0.2, -0.15) is 9.78 Å². The van der Waals surface area contributed by atoms with Gasteiger partial charge in [0.05, 0.1) is 31.5 Å². The number of nitrogens with one attached hydrogen (secondary N) is 1. The molecule has 3 N–H and O–H groups in total. The highest BCUT2D eigenvalue weighted by Gasteiger charge is 2.24. The maximum atomic E-state index is 13.3. The minimum Gasteiger partial charge on any atom is -0.493 e. The predicted molar refractivity (Wildman–Crippen MR) is 145 cm³/mol. The number of aromatic nitrogens is 3. The van der Waals surface area contributed by atoms with Gasteiger partial charge in [-0.05, 0) is 68.0 Å². The van der Waals surface area contributed by atoms with E-state index in [1.54, 1.807) is 32.6 Å². The van der Waals surface area contributed by atoms with Gasteiger partial charge < -0.3 is 20.5 Å². The summed E-state index contributed by atoms with van der Waals surface area (Å²) < 4.78 is 12.2. The lowest BCUT2D eigenvalue weighted by atomic mass is 9.97. The van der Waals surface area contributed by atoms with E-state index >= 15 is 0 Å². The minimum absolute atomic E-state index is 0.177. The van der Waals surface area contributed by atoms with E-state index in [0.29, 0.717) is 40.2 Å². The Morgan fingerprint density at radius 1 is 1.11 bits per heavy atom. The summed E-state index contributed by atoms with van der Waals surface area (Å²) in [5.41, 5.74) is 11.1. The summed E-state index contributed by atoms with van der Waals surface area (Å²) in [7, 11) is 3.16. The van der Waals surface area contributed by atoms with Crippen LogP contribution in [-0.2, 0) is 0 Å². The first-order valence-electron chi connectivity index (χ1n) is 12.4. The summed E-state index contributed by atoms with van der Waals surface area (Å²) >= 11 is 0. The molecule has 0 saturated heterocycles. The first-order valence-corrected chi connectivity index (χ1v) is 12.4. The number of carbonyl (C=O) groups is 1. The zero-order valence-electron chi connectivity index (χ0n) is 21.0. The highest BCUT2D eigenvalue weighted by Crippen LogP contribution is 2.29. The highest BCUT2D eigenvalue weighted by molar-refractivity contribution is 6.10. The van der Waals surface area contributed by atoms with Crippen LogP contribution in [0.25, 0.3) is 22.2 Å². The van der Waals surface area contributed by atoms with Crippen LogP contribution in [0.5, 0.6) is 11.5 Å². The van der Waals surface area contributed by atoms with E-state index in [1.807, 2.05) is 30.3 Å². The second-order valence-electron chi connectivity index (χ2n) is 8.93. The van der Waals surface area contributed by atoms with Crippen molar-refractivity contribution in [1.82, 2.24) is 20.0 Å². The standard InChI is InChI=1S/C28H30N6O3/c1-36-22-13-12-19(16-23(22)37-2)17-31-34-26(29)24(28(35)30-15-14-18-8-4-3-5-9-18)25-27(34)33-21-11-7-6-10-20(21)32-25/h6-8,10-13,16-17H,3-5,9,14-15,29H2,1-2H3,(H,30,35)/b31-17-. The van der Waals surface area contributed by atoms with Gasteiger partial charge in [-0.25, -0.2) is 9.97 Å². The molecule has 2 aromatic carbocycles. The van der Waals surface area contributed by atoms with E-state index in [-0.39, 0.29) is 17.3 Å². The van der Waals surface area contributed by atoms with Crippen molar-refractivity contribution in [1.29, 1.82) is 0 Å². The summed E-state index contributed by atoms with van der Waals surface area (Å²) in [6.45, 7) is 0.534. The van der Waals surface area contributed by atoms with Crippen LogP contribution >= 0.6 is 0 Å². The SMILES string of the molecule is COc1ccc(/C=N\n2c(N)c(C(=O)NCCC3=CCCCC3)c3nc4ccccc4nc32)cc1OC. The first-order chi connectivity index (χ1) is 18.1. The number of para-hydroxylation sites is 2. The number of nitrogens with zero attached hydrogens (tertiary/aromatic N) is 4. The van der Waals surface area contributed by atoms with Crippen molar-refractivity contribution in [2.24, 2.45) is 5.10 Å². The molecule has 2 aromatic heterocycles. The van der Waals surface area contributed by atoms with Crippen LogP contribution in [0.15, 0.2) is 59.2 Å². The van der Waals surface area contributed by atoms with Gasteiger partial charge in [0.25, 0.3) is 5.91 Å². The second kappa shape index (κ2) is 10.7. The molecule has 5 rings (SSSR count). The number of ether oxygens (including phenoxy) is 2. The molecule has 1 aliphatic carbocycles. The Labute approximate surface area is 215 Å². The van der Waals surface area contributed by atoms with Crippen LogP contribution in [-0.4, -0.2) is 47.5 Å². The van der Waals surface area contributed by atoms with E-state index in [2.05, 4.69) is 16.5 Å². The number of fused-ring (bicyclic) bond motifs is 2. The van der Waals surface area contributed by atoms with Gasteiger partial charge in [0.2, 0.25) is 0 Å². The van der Waals surface area contributed by atoms with Crippen molar-refractivity contribution in [2.45, 2.75) is 32.1 Å². The number of rotatable bonds is 8. The number of hydrogen-bond donors (Lipinski definition) is 2. The monoisotopic (exact) mass is 498 g/mol. The van der Waals surface area contributed by atoms with Gasteiger partial charge in [-0.3, -0.25) is 4.79 Å². The predicted octanol–water partition coefficient (Wildman–Crippen LogP) is 4.69. The van der Waals surface area contributed by atoms with Crippen LogP contribution in [0.3, 0.4) is 0 Å². The molecule has 9 heteroatoms. The fraction of sp³-hybridized carbons (Fsp3) is 0.286. The Bertz CT molecular complexity index is 1520. The molecule has 4 aromatic rings. The summed E-state index contributed by atoms with van der Waals surface area (Å²) in [6, 6.07) is 13.0. The van der Waals surface area contributed by atoms with E-state index < -0.39 is 0 Å². The Morgan fingerprint density at radius 3 is 2.62 bits per heavy atom. The summed E-state index contributed by atoms with van der Waals surface area (Å²) in [4.78, 5) is 22.8. The lowest BCUT2D eigenvalue weighted by Crippen LogP contribution is -2.25. The van der Waals surface area contributed by atoms with Crippen LogP contribution in [0.1, 0.15) is 48.0 Å². The number of hydrogen-bond acceptors (Lipinski definition) is 7. The third-order valence-corrected chi connectivity index (χ3v) is 6.55. The lowest BCUT2D eigenvalue weighted by Gasteiger charge is -2.13. The van der Waals surface area contributed by atoms with Crippen molar-refractivity contribution in [2.75, 3.05) is 26.5 Å². The molecule has 37 heavy (non-hydrogen) atoms. The Kier molecular flexibility index (Phi) is 7.02. The number of amides is 1. The third-order valence-electron chi connectivity index (χ3n) is 6.55. The fourth-order valence-corrected chi connectivity index (χ4v) is 4.60. The number of benzene rings is 2. The molecule has 0 bridgehead atoms. The summed E-state index contributed by atoms with van der Waals surface area (Å²) in [5.74, 6) is 1.08. The topological polar surface area (TPSA) is 117 Å². The van der Waals surface area contributed by atoms with Gasteiger partial charge >= 0.3 is 0 Å². The maximum absolute atomic E-state index is 13.3. The van der Waals surface area contributed by atoms with Crippen molar-refractivity contribution < 1.29 is 14.3 Å². The number of methoxy groups -OCH3 is 2. The van der Waals surface area contributed by atoms with Crippen molar-refractivity contribution in [3.05, 3.63) is 65.2 Å². The molecule has 0 atom stereocenters. The van der Waals surface area contributed by atoms with E-state index in [1.165, 1.54) is 23.1 Å². The second-order valence-corrected chi connectivity index (χ2v) is 8.93. The van der Waals surface area contributed by atoms with Gasteiger partial charge in [-0.1, -0.05) is 23.8 Å². The van der Waals surface area contributed by atoms with Gasteiger partial charge in [0.1, 0.15) is 16.9 Å². The maximum Gasteiger partial charge on any atom is 0.257 e. The molecule has 1 amide bonds. The van der Waals surface area contributed by atoms with Crippen LogP contribution in [0, 0.1) is 0 Å². The van der Waals surface area contributed by atoms with Gasteiger partial charge in [0.15, 0.2) is 17.1 Å². The van der Waals surface area contributed by atoms with Crippen molar-refractivity contribution in [3.63, 3.8) is 0 Å². The molecule has 0 fully saturated rings. The van der Waals surface area contributed by atoms with Gasteiger partial charge in [-0.15, -0.1) is 0 Å². The van der Waals surface area contributed by atoms with Crippen LogP contribution in [0.2, 0.25) is 0 Å². The highest BCUT2D eigenvalue weighted by atomic mass is 16.5. The number of allylic oxidation sites excluding steroid dienone is 1. The largest absolute Gasteiger partial charge is 0.493 e. The number of nitrogen functional groups attached to an aromatic ring is 1. The number of nitrogens with two attached hydrogens (primary N) is 1. The molecular weight excluding hydrogens is 468 g/mol. The minimum atomic E-state index is -0.288. The number of anilines is 1. The van der Waals surface area contributed by atoms with Crippen LogP contribution in [0.4, 0.5) is 5.82 Å². The molecule has 2 heterocycles.